The number of rotatable bonds is 5. The Hall–Kier alpha value is -2.44. The molecule has 7 heteroatoms. The van der Waals surface area contributed by atoms with E-state index >= 15 is 0 Å². The van der Waals surface area contributed by atoms with Gasteiger partial charge >= 0.3 is 0 Å². The fraction of sp³-hybridized carbons (Fsp3) is 0.385. The first kappa shape index (κ1) is 15.6. The molecule has 0 fully saturated rings. The smallest absolute Gasteiger partial charge is 0.274 e. The van der Waals surface area contributed by atoms with Gasteiger partial charge in [0.15, 0.2) is 0 Å². The van der Waals surface area contributed by atoms with Crippen molar-refractivity contribution in [3.63, 3.8) is 0 Å². The molecule has 0 saturated heterocycles. The van der Waals surface area contributed by atoms with Crippen molar-refractivity contribution in [1.29, 1.82) is 0 Å². The molecule has 0 spiro atoms. The quantitative estimate of drug-likeness (QED) is 0.633. The summed E-state index contributed by atoms with van der Waals surface area (Å²) in [7, 11) is 0. The Bertz CT molecular complexity index is 542. The van der Waals surface area contributed by atoms with Crippen LogP contribution in [0.3, 0.4) is 0 Å². The van der Waals surface area contributed by atoms with Gasteiger partial charge in [0.25, 0.3) is 5.69 Å². The van der Waals surface area contributed by atoms with Gasteiger partial charge < -0.3 is 10.6 Å². The van der Waals surface area contributed by atoms with E-state index in [1.165, 1.54) is 6.07 Å². The highest BCUT2D eigenvalue weighted by molar-refractivity contribution is 5.97. The average Bonchev–Trinajstić information content (AvgIpc) is 2.40. The van der Waals surface area contributed by atoms with Gasteiger partial charge in [-0.3, -0.25) is 19.7 Å². The van der Waals surface area contributed by atoms with Crippen LogP contribution in [0.1, 0.15) is 25.8 Å². The third-order valence-electron chi connectivity index (χ3n) is 2.77. The van der Waals surface area contributed by atoms with Crippen LogP contribution >= 0.6 is 0 Å². The molecule has 0 aliphatic rings. The largest absolute Gasteiger partial charge is 0.345 e. The highest BCUT2D eigenvalue weighted by Crippen LogP contribution is 2.22. The van der Waals surface area contributed by atoms with E-state index in [1.54, 1.807) is 32.9 Å². The second-order valence-electron chi connectivity index (χ2n) is 4.39. The fourth-order valence-electron chi connectivity index (χ4n) is 1.54. The van der Waals surface area contributed by atoms with Crippen LogP contribution in [0.5, 0.6) is 0 Å². The molecule has 0 aliphatic heterocycles. The molecule has 1 aromatic rings. The molecule has 0 heterocycles. The molecular weight excluding hydrogens is 262 g/mol. The van der Waals surface area contributed by atoms with Crippen molar-refractivity contribution in [1.82, 2.24) is 5.32 Å². The van der Waals surface area contributed by atoms with Crippen molar-refractivity contribution in [3.8, 4) is 0 Å². The van der Waals surface area contributed by atoms with Crippen LogP contribution < -0.4 is 10.6 Å². The highest BCUT2D eigenvalue weighted by Gasteiger charge is 2.17. The van der Waals surface area contributed by atoms with E-state index in [0.717, 1.165) is 0 Å². The molecule has 7 nitrogen and oxygen atoms in total. The third kappa shape index (κ3) is 4.04. The summed E-state index contributed by atoms with van der Waals surface area (Å²) in [5.74, 6) is -0.660. The summed E-state index contributed by atoms with van der Waals surface area (Å²) in [4.78, 5) is 33.3. The lowest BCUT2D eigenvalue weighted by molar-refractivity contribution is -0.385. The van der Waals surface area contributed by atoms with Crippen molar-refractivity contribution in [3.05, 3.63) is 33.9 Å². The first-order valence-electron chi connectivity index (χ1n) is 6.20. The van der Waals surface area contributed by atoms with Crippen LogP contribution in [-0.2, 0) is 9.59 Å². The minimum atomic E-state index is -0.706. The SMILES string of the molecule is CCC(=O)N[C@H](C)C(=O)Nc1ccc(C)c([N+](=O)[O-])c1. The van der Waals surface area contributed by atoms with E-state index < -0.39 is 16.9 Å². The van der Waals surface area contributed by atoms with Crippen molar-refractivity contribution in [2.45, 2.75) is 33.2 Å². The summed E-state index contributed by atoms with van der Waals surface area (Å²) < 4.78 is 0. The lowest BCUT2D eigenvalue weighted by Crippen LogP contribution is -2.41. The standard InChI is InChI=1S/C13H17N3O4/c1-4-12(17)14-9(3)13(18)15-10-6-5-8(2)11(7-10)16(19)20/h5-7,9H,4H2,1-3H3,(H,14,17)(H,15,18)/t9-/m1/s1. The minimum absolute atomic E-state index is 0.0620. The second kappa shape index (κ2) is 6.65. The van der Waals surface area contributed by atoms with Crippen molar-refractivity contribution in [2.75, 3.05) is 5.32 Å². The fourth-order valence-corrected chi connectivity index (χ4v) is 1.54. The Labute approximate surface area is 116 Å². The number of benzene rings is 1. The molecule has 20 heavy (non-hydrogen) atoms. The maximum atomic E-state index is 11.8. The van der Waals surface area contributed by atoms with Gasteiger partial charge in [-0.2, -0.15) is 0 Å². The topological polar surface area (TPSA) is 101 Å². The molecule has 0 radical (unpaired) electrons. The molecule has 0 bridgehead atoms. The number of carbonyl (C=O) groups excluding carboxylic acids is 2. The molecule has 0 aliphatic carbocycles. The maximum Gasteiger partial charge on any atom is 0.274 e. The predicted molar refractivity (Wildman–Crippen MR) is 74.4 cm³/mol. The molecular formula is C13H17N3O4. The molecule has 0 unspecified atom stereocenters. The minimum Gasteiger partial charge on any atom is -0.345 e. The number of nitro benzene ring substituents is 1. The number of nitro groups is 1. The summed E-state index contributed by atoms with van der Waals surface area (Å²) in [5, 5.41) is 15.9. The second-order valence-corrected chi connectivity index (χ2v) is 4.39. The van der Waals surface area contributed by atoms with Gasteiger partial charge in [0.1, 0.15) is 6.04 Å². The lowest BCUT2D eigenvalue weighted by Gasteiger charge is -2.13. The van der Waals surface area contributed by atoms with Crippen LogP contribution in [-0.4, -0.2) is 22.8 Å². The summed E-state index contributed by atoms with van der Waals surface area (Å²) in [6, 6.07) is 3.72. The van der Waals surface area contributed by atoms with Crippen molar-refractivity contribution < 1.29 is 14.5 Å². The Balaban J connectivity index is 2.78. The summed E-state index contributed by atoms with van der Waals surface area (Å²) >= 11 is 0. The Kier molecular flexibility index (Phi) is 5.19. The van der Waals surface area contributed by atoms with Gasteiger partial charge in [0, 0.05) is 23.7 Å². The van der Waals surface area contributed by atoms with E-state index in [-0.39, 0.29) is 18.0 Å². The number of hydrogen-bond donors (Lipinski definition) is 2. The number of amides is 2. The first-order chi connectivity index (χ1) is 9.35. The Morgan fingerprint density at radius 1 is 1.40 bits per heavy atom. The van der Waals surface area contributed by atoms with Gasteiger partial charge in [-0.05, 0) is 19.9 Å². The maximum absolute atomic E-state index is 11.8. The van der Waals surface area contributed by atoms with Gasteiger partial charge in [0.05, 0.1) is 4.92 Å². The summed E-state index contributed by atoms with van der Waals surface area (Å²) in [5.41, 5.74) is 0.776. The van der Waals surface area contributed by atoms with Crippen LogP contribution in [0.25, 0.3) is 0 Å². The first-order valence-corrected chi connectivity index (χ1v) is 6.20. The van der Waals surface area contributed by atoms with Gasteiger partial charge in [-0.1, -0.05) is 13.0 Å². The molecule has 1 atom stereocenters. The van der Waals surface area contributed by atoms with Crippen molar-refractivity contribution in [2.24, 2.45) is 0 Å². The van der Waals surface area contributed by atoms with Crippen LogP contribution in [0.4, 0.5) is 11.4 Å². The number of nitrogens with zero attached hydrogens (tertiary/aromatic N) is 1. The number of nitrogens with one attached hydrogen (secondary N) is 2. The molecule has 2 amide bonds. The van der Waals surface area contributed by atoms with E-state index in [4.69, 9.17) is 0 Å². The van der Waals surface area contributed by atoms with E-state index in [0.29, 0.717) is 11.3 Å². The van der Waals surface area contributed by atoms with Crippen LogP contribution in [0, 0.1) is 17.0 Å². The lowest BCUT2D eigenvalue weighted by atomic mass is 10.2. The van der Waals surface area contributed by atoms with E-state index in [1.807, 2.05) is 0 Å². The third-order valence-corrected chi connectivity index (χ3v) is 2.77. The normalized spacial score (nSPS) is 11.6. The number of hydrogen-bond acceptors (Lipinski definition) is 4. The molecule has 108 valence electrons. The van der Waals surface area contributed by atoms with Gasteiger partial charge in [0.2, 0.25) is 11.8 Å². The van der Waals surface area contributed by atoms with Crippen LogP contribution in [0.2, 0.25) is 0 Å². The Morgan fingerprint density at radius 3 is 2.60 bits per heavy atom. The van der Waals surface area contributed by atoms with Gasteiger partial charge in [-0.25, -0.2) is 0 Å². The summed E-state index contributed by atoms with van der Waals surface area (Å²) in [6.45, 7) is 4.85. The zero-order chi connectivity index (χ0) is 15.3. The number of anilines is 1. The predicted octanol–water partition coefficient (Wildman–Crippen LogP) is 1.76. The molecule has 0 aromatic heterocycles. The van der Waals surface area contributed by atoms with E-state index in [2.05, 4.69) is 10.6 Å². The zero-order valence-corrected chi connectivity index (χ0v) is 11.6. The molecule has 0 saturated carbocycles. The van der Waals surface area contributed by atoms with Crippen LogP contribution in [0.15, 0.2) is 18.2 Å². The molecule has 2 N–H and O–H groups in total. The Morgan fingerprint density at radius 2 is 2.05 bits per heavy atom. The zero-order valence-electron chi connectivity index (χ0n) is 11.6. The molecule has 1 rings (SSSR count). The molecule has 1 aromatic carbocycles. The number of carbonyl (C=O) groups is 2. The highest BCUT2D eigenvalue weighted by atomic mass is 16.6. The summed E-state index contributed by atoms with van der Waals surface area (Å²) in [6.07, 6.45) is 0.285. The number of aryl methyl sites for hydroxylation is 1. The van der Waals surface area contributed by atoms with E-state index in [9.17, 15) is 19.7 Å². The average molecular weight is 279 g/mol. The monoisotopic (exact) mass is 279 g/mol. The van der Waals surface area contributed by atoms with Gasteiger partial charge in [-0.15, -0.1) is 0 Å². The van der Waals surface area contributed by atoms with Crippen molar-refractivity contribution >= 4 is 23.2 Å².